The number of hydrazone groups is 1. The van der Waals surface area contributed by atoms with Crippen molar-refractivity contribution in [2.24, 2.45) is 16.3 Å². The van der Waals surface area contributed by atoms with Crippen molar-refractivity contribution < 1.29 is 19.1 Å². The molecule has 1 fully saturated rings. The monoisotopic (exact) mass is 491 g/mol. The van der Waals surface area contributed by atoms with Crippen molar-refractivity contribution in [2.45, 2.75) is 77.6 Å². The molecule has 2 aliphatic rings. The lowest BCUT2D eigenvalue weighted by Crippen LogP contribution is -2.43. The van der Waals surface area contributed by atoms with Crippen LogP contribution in [0.5, 0.6) is 11.5 Å². The molecule has 36 heavy (non-hydrogen) atoms. The van der Waals surface area contributed by atoms with Crippen molar-refractivity contribution in [3.8, 4) is 11.5 Å². The molecule has 0 amide bonds. The number of aldehydes is 1. The Kier molecular flexibility index (Phi) is 7.79. The van der Waals surface area contributed by atoms with Gasteiger partial charge in [-0.25, -0.2) is 0 Å². The molecule has 7 heteroatoms. The van der Waals surface area contributed by atoms with Gasteiger partial charge in [-0.3, -0.25) is 9.80 Å². The number of ether oxygens (including phenoxy) is 2. The number of nitrogens with two attached hydrogens (primary N) is 1. The van der Waals surface area contributed by atoms with Crippen LogP contribution in [0.4, 0.5) is 0 Å². The Morgan fingerprint density at radius 2 is 1.78 bits per heavy atom. The predicted molar refractivity (Wildman–Crippen MR) is 140 cm³/mol. The van der Waals surface area contributed by atoms with Crippen LogP contribution in [-0.2, 0) is 4.79 Å². The molecule has 2 unspecified atom stereocenters. The molecule has 7 nitrogen and oxygen atoms in total. The molecule has 4 rings (SSSR count). The van der Waals surface area contributed by atoms with E-state index in [0.717, 1.165) is 41.7 Å². The van der Waals surface area contributed by atoms with E-state index in [9.17, 15) is 9.59 Å². The number of ketones is 1. The molecule has 1 saturated carbocycles. The van der Waals surface area contributed by atoms with E-state index < -0.39 is 17.6 Å². The van der Waals surface area contributed by atoms with Crippen LogP contribution in [-0.4, -0.2) is 42.0 Å². The van der Waals surface area contributed by atoms with Crippen molar-refractivity contribution >= 4 is 17.8 Å². The number of benzene rings is 2. The number of carbonyl (C=O) groups excluding carboxylic acids is 2. The average Bonchev–Trinajstić information content (AvgIpc) is 3.40. The summed E-state index contributed by atoms with van der Waals surface area (Å²) in [5, 5.41) is 6.51. The molecule has 0 aromatic heterocycles. The molecule has 2 N–H and O–H groups in total. The van der Waals surface area contributed by atoms with Crippen LogP contribution in [0, 0.1) is 5.41 Å². The number of hydrogen-bond acceptors (Lipinski definition) is 7. The topological polar surface area (TPSA) is 94.2 Å². The maximum atomic E-state index is 12.6. The smallest absolute Gasteiger partial charge is 0.168 e. The Hall–Kier alpha value is -3.19. The summed E-state index contributed by atoms with van der Waals surface area (Å²) < 4.78 is 11.8. The first-order valence-corrected chi connectivity index (χ1v) is 12.8. The van der Waals surface area contributed by atoms with Crippen LogP contribution in [0.3, 0.4) is 0 Å². The highest BCUT2D eigenvalue weighted by Crippen LogP contribution is 2.34. The van der Waals surface area contributed by atoms with Crippen LogP contribution >= 0.6 is 0 Å². The van der Waals surface area contributed by atoms with Crippen LogP contribution in [0.25, 0.3) is 0 Å². The zero-order chi connectivity index (χ0) is 25.9. The maximum Gasteiger partial charge on any atom is 0.168 e. The fourth-order valence-electron chi connectivity index (χ4n) is 4.83. The molecular weight excluding hydrogens is 454 g/mol. The third-order valence-electron chi connectivity index (χ3n) is 6.98. The number of hydrogen-bond donors (Lipinski definition) is 1. The normalized spacial score (nSPS) is 19.5. The molecule has 192 valence electrons. The largest absolute Gasteiger partial charge is 0.493 e. The van der Waals surface area contributed by atoms with Crippen molar-refractivity contribution in [2.75, 3.05) is 7.11 Å². The van der Waals surface area contributed by atoms with Crippen LogP contribution < -0.4 is 15.2 Å². The molecule has 1 aliphatic carbocycles. The van der Waals surface area contributed by atoms with E-state index in [0.29, 0.717) is 24.2 Å². The van der Waals surface area contributed by atoms with Gasteiger partial charge in [0.2, 0.25) is 0 Å². The number of rotatable bonds is 8. The summed E-state index contributed by atoms with van der Waals surface area (Å²) >= 11 is 0. The molecule has 1 heterocycles. The second kappa shape index (κ2) is 10.8. The Morgan fingerprint density at radius 3 is 2.39 bits per heavy atom. The summed E-state index contributed by atoms with van der Waals surface area (Å²) in [5.41, 5.74) is 9.35. The Balaban J connectivity index is 1.60. The fraction of sp³-hybridized carbons (Fsp3) is 0.483. The molecule has 2 aromatic carbocycles. The molecule has 0 spiro atoms. The quantitative estimate of drug-likeness (QED) is 0.399. The van der Waals surface area contributed by atoms with Gasteiger partial charge < -0.3 is 20.0 Å². The minimum atomic E-state index is -0.623. The van der Waals surface area contributed by atoms with Gasteiger partial charge in [-0.1, -0.05) is 45.0 Å². The first-order valence-electron chi connectivity index (χ1n) is 12.8. The molecule has 2 aromatic rings. The van der Waals surface area contributed by atoms with Gasteiger partial charge in [0.25, 0.3) is 0 Å². The third-order valence-corrected chi connectivity index (χ3v) is 6.98. The van der Waals surface area contributed by atoms with Crippen molar-refractivity contribution in [1.82, 2.24) is 5.01 Å². The number of carbonyl (C=O) groups is 2. The van der Waals surface area contributed by atoms with Gasteiger partial charge in [0.1, 0.15) is 18.5 Å². The van der Waals surface area contributed by atoms with E-state index in [1.807, 2.05) is 51.1 Å². The molecule has 0 bridgehead atoms. The number of nitrogens with zero attached hydrogens (tertiary/aromatic N) is 2. The first kappa shape index (κ1) is 25.9. The highest BCUT2D eigenvalue weighted by atomic mass is 16.5. The first-order chi connectivity index (χ1) is 17.2. The Labute approximate surface area is 213 Å². The second-order valence-corrected chi connectivity index (χ2v) is 10.7. The van der Waals surface area contributed by atoms with E-state index in [4.69, 9.17) is 20.3 Å². The van der Waals surface area contributed by atoms with E-state index in [1.165, 1.54) is 12.8 Å². The average molecular weight is 492 g/mol. The van der Waals surface area contributed by atoms with Gasteiger partial charge in [0.15, 0.2) is 17.3 Å². The maximum absolute atomic E-state index is 12.6. The molecule has 2 atom stereocenters. The van der Waals surface area contributed by atoms with Gasteiger partial charge in [-0.05, 0) is 62.3 Å². The summed E-state index contributed by atoms with van der Waals surface area (Å²) in [4.78, 5) is 24.5. The van der Waals surface area contributed by atoms with Gasteiger partial charge in [-0.15, -0.1) is 0 Å². The van der Waals surface area contributed by atoms with Crippen LogP contribution in [0.2, 0.25) is 0 Å². The minimum Gasteiger partial charge on any atom is -0.493 e. The standard InChI is InChI=1S/C29H37N3O4/c1-29(2,3)27(34)19-9-11-20(12-10-19)28(30)32-22(18-33)14-15-24(31-32)21-13-16-25(35-4)26(17-21)36-23-7-5-6-8-23/h9-13,16-18,22-23,28H,5-8,14-15,30H2,1-4H3. The highest BCUT2D eigenvalue weighted by Gasteiger charge is 2.30. The van der Waals surface area contributed by atoms with Gasteiger partial charge in [0, 0.05) is 16.5 Å². The highest BCUT2D eigenvalue weighted by molar-refractivity contribution is 6.01. The fourth-order valence-corrected chi connectivity index (χ4v) is 4.83. The second-order valence-electron chi connectivity index (χ2n) is 10.7. The molecule has 0 radical (unpaired) electrons. The molecule has 0 saturated heterocycles. The van der Waals surface area contributed by atoms with Crippen LogP contribution in [0.1, 0.15) is 86.9 Å². The van der Waals surface area contributed by atoms with Crippen LogP contribution in [0.15, 0.2) is 47.6 Å². The lowest BCUT2D eigenvalue weighted by atomic mass is 9.86. The van der Waals surface area contributed by atoms with Crippen molar-refractivity contribution in [3.05, 3.63) is 59.2 Å². The summed E-state index contributed by atoms with van der Waals surface area (Å²) in [5.74, 6) is 1.49. The Bertz CT molecular complexity index is 1110. The summed E-state index contributed by atoms with van der Waals surface area (Å²) in [6.07, 6.45) is 6.23. The van der Waals surface area contributed by atoms with E-state index in [1.54, 1.807) is 24.3 Å². The SMILES string of the molecule is COc1ccc(C2=NN(C(N)c3ccc(C(=O)C(C)(C)C)cc3)C(C=O)CC2)cc1OC1CCCC1. The number of Topliss-reactive ketones (excluding diaryl/α,β-unsaturated/α-hetero) is 1. The van der Waals surface area contributed by atoms with Crippen molar-refractivity contribution in [1.29, 1.82) is 0 Å². The molecular formula is C29H37N3O4. The Morgan fingerprint density at radius 1 is 1.08 bits per heavy atom. The summed E-state index contributed by atoms with van der Waals surface area (Å²) in [6, 6.07) is 12.7. The summed E-state index contributed by atoms with van der Waals surface area (Å²) in [7, 11) is 1.64. The lowest BCUT2D eigenvalue weighted by molar-refractivity contribution is -0.113. The zero-order valence-corrected chi connectivity index (χ0v) is 21.7. The molecule has 1 aliphatic heterocycles. The third kappa shape index (κ3) is 5.62. The summed E-state index contributed by atoms with van der Waals surface area (Å²) in [6.45, 7) is 5.70. The van der Waals surface area contributed by atoms with Gasteiger partial charge in [-0.2, -0.15) is 5.10 Å². The van der Waals surface area contributed by atoms with E-state index in [-0.39, 0.29) is 11.9 Å². The number of methoxy groups -OCH3 is 1. The van der Waals surface area contributed by atoms with E-state index in [2.05, 4.69) is 0 Å². The minimum absolute atomic E-state index is 0.0711. The van der Waals surface area contributed by atoms with Gasteiger partial charge in [0.05, 0.1) is 18.9 Å². The predicted octanol–water partition coefficient (Wildman–Crippen LogP) is 5.27. The zero-order valence-electron chi connectivity index (χ0n) is 21.7. The lowest BCUT2D eigenvalue weighted by Gasteiger charge is -2.35. The van der Waals surface area contributed by atoms with Gasteiger partial charge >= 0.3 is 0 Å². The van der Waals surface area contributed by atoms with E-state index >= 15 is 0 Å². The van der Waals surface area contributed by atoms with Crippen molar-refractivity contribution in [3.63, 3.8) is 0 Å².